The zero-order valence-corrected chi connectivity index (χ0v) is 11.2. The largest absolute Gasteiger partial charge is 0.392 e. The maximum Gasteiger partial charge on any atom is 0.0664 e. The van der Waals surface area contributed by atoms with E-state index >= 15 is 0 Å². The molecule has 0 spiro atoms. The van der Waals surface area contributed by atoms with E-state index in [4.69, 9.17) is 0 Å². The van der Waals surface area contributed by atoms with Crippen LogP contribution < -0.4 is 5.32 Å². The number of hydrogen-bond acceptors (Lipinski definition) is 3. The van der Waals surface area contributed by atoms with Crippen LogP contribution in [0.2, 0.25) is 0 Å². The third-order valence-corrected chi connectivity index (χ3v) is 3.75. The van der Waals surface area contributed by atoms with E-state index in [1.807, 2.05) is 6.92 Å². The van der Waals surface area contributed by atoms with Crippen molar-refractivity contribution in [2.75, 3.05) is 19.6 Å². The molecule has 1 aliphatic rings. The lowest BCUT2D eigenvalue weighted by atomic mass is 9.97. The first-order valence-electron chi connectivity index (χ1n) is 6.67. The molecule has 0 aromatic rings. The van der Waals surface area contributed by atoms with E-state index in [1.54, 1.807) is 0 Å². The van der Waals surface area contributed by atoms with Crippen molar-refractivity contribution in [3.8, 4) is 0 Å². The molecule has 3 atom stereocenters. The first-order valence-corrected chi connectivity index (χ1v) is 6.67. The highest BCUT2D eigenvalue weighted by atomic mass is 16.3. The van der Waals surface area contributed by atoms with Crippen LogP contribution in [0.5, 0.6) is 0 Å². The Morgan fingerprint density at radius 3 is 2.44 bits per heavy atom. The normalized spacial score (nSPS) is 26.1. The van der Waals surface area contributed by atoms with E-state index in [9.17, 15) is 5.11 Å². The molecule has 0 aromatic heterocycles. The second-order valence-electron chi connectivity index (χ2n) is 5.48. The van der Waals surface area contributed by atoms with Gasteiger partial charge in [-0.1, -0.05) is 0 Å². The predicted molar refractivity (Wildman–Crippen MR) is 68.6 cm³/mol. The highest BCUT2D eigenvalue weighted by Crippen LogP contribution is 2.17. The van der Waals surface area contributed by atoms with E-state index in [-0.39, 0.29) is 12.1 Å². The van der Waals surface area contributed by atoms with Crippen LogP contribution in [0.4, 0.5) is 0 Å². The Bertz CT molecular complexity index is 188. The topological polar surface area (TPSA) is 35.5 Å². The molecule has 0 radical (unpaired) electrons. The molecule has 3 heteroatoms. The molecule has 1 heterocycles. The van der Waals surface area contributed by atoms with Crippen LogP contribution in [0.3, 0.4) is 0 Å². The van der Waals surface area contributed by atoms with Gasteiger partial charge in [-0.3, -0.25) is 4.90 Å². The summed E-state index contributed by atoms with van der Waals surface area (Å²) in [6.07, 6.45) is 2.36. The summed E-state index contributed by atoms with van der Waals surface area (Å²) in [6.45, 7) is 11.9. The van der Waals surface area contributed by atoms with Crippen molar-refractivity contribution in [2.24, 2.45) is 5.92 Å². The molecule has 1 fully saturated rings. The molecule has 3 unspecified atom stereocenters. The number of nitrogens with one attached hydrogen (secondary N) is 1. The van der Waals surface area contributed by atoms with Crippen molar-refractivity contribution in [1.82, 2.24) is 10.2 Å². The molecule has 96 valence electrons. The van der Waals surface area contributed by atoms with Gasteiger partial charge in [0.1, 0.15) is 0 Å². The van der Waals surface area contributed by atoms with Gasteiger partial charge in [0.25, 0.3) is 0 Å². The van der Waals surface area contributed by atoms with E-state index in [0.717, 1.165) is 19.0 Å². The van der Waals surface area contributed by atoms with Crippen molar-refractivity contribution < 1.29 is 5.11 Å². The summed E-state index contributed by atoms with van der Waals surface area (Å²) in [5, 5.41) is 13.2. The van der Waals surface area contributed by atoms with Crippen molar-refractivity contribution >= 4 is 0 Å². The van der Waals surface area contributed by atoms with Crippen molar-refractivity contribution in [2.45, 2.75) is 58.7 Å². The maximum atomic E-state index is 9.71. The van der Waals surface area contributed by atoms with Gasteiger partial charge in [0.2, 0.25) is 0 Å². The van der Waals surface area contributed by atoms with E-state index < -0.39 is 0 Å². The average Bonchev–Trinajstić information content (AvgIpc) is 2.26. The number of aliphatic hydroxyl groups excluding tert-OH is 1. The van der Waals surface area contributed by atoms with Crippen LogP contribution >= 0.6 is 0 Å². The van der Waals surface area contributed by atoms with Crippen LogP contribution in [0.25, 0.3) is 0 Å². The van der Waals surface area contributed by atoms with Crippen molar-refractivity contribution in [3.63, 3.8) is 0 Å². The predicted octanol–water partition coefficient (Wildman–Crippen LogP) is 1.47. The van der Waals surface area contributed by atoms with Gasteiger partial charge in [0.15, 0.2) is 0 Å². The highest BCUT2D eigenvalue weighted by Gasteiger charge is 2.24. The second-order valence-corrected chi connectivity index (χ2v) is 5.48. The third-order valence-electron chi connectivity index (χ3n) is 3.75. The molecule has 2 N–H and O–H groups in total. The number of aliphatic hydroxyl groups is 1. The Balaban J connectivity index is 2.49. The minimum absolute atomic E-state index is 0.251. The maximum absolute atomic E-state index is 9.71. The lowest BCUT2D eigenvalue weighted by Gasteiger charge is -2.38. The van der Waals surface area contributed by atoms with Crippen LogP contribution in [-0.4, -0.2) is 47.8 Å². The molecular weight excluding hydrogens is 200 g/mol. The van der Waals surface area contributed by atoms with Gasteiger partial charge < -0.3 is 10.4 Å². The van der Waals surface area contributed by atoms with Crippen LogP contribution in [0.1, 0.15) is 40.5 Å². The Kier molecular flexibility index (Phi) is 5.73. The quantitative estimate of drug-likeness (QED) is 0.748. The van der Waals surface area contributed by atoms with Gasteiger partial charge in [-0.05, 0) is 59.5 Å². The fourth-order valence-corrected chi connectivity index (χ4v) is 2.50. The molecule has 3 nitrogen and oxygen atoms in total. The summed E-state index contributed by atoms with van der Waals surface area (Å²) in [5.41, 5.74) is 0. The summed E-state index contributed by atoms with van der Waals surface area (Å²) in [7, 11) is 0. The molecular formula is C13H28N2O. The van der Waals surface area contributed by atoms with E-state index in [0.29, 0.717) is 6.04 Å². The smallest absolute Gasteiger partial charge is 0.0664 e. The molecule has 1 rings (SSSR count). The van der Waals surface area contributed by atoms with Crippen molar-refractivity contribution in [1.29, 1.82) is 0 Å². The Morgan fingerprint density at radius 1 is 1.31 bits per heavy atom. The fourth-order valence-electron chi connectivity index (χ4n) is 2.50. The first kappa shape index (κ1) is 13.9. The number of hydrogen-bond donors (Lipinski definition) is 2. The number of rotatable bonds is 5. The minimum Gasteiger partial charge on any atom is -0.392 e. The van der Waals surface area contributed by atoms with Gasteiger partial charge in [-0.2, -0.15) is 0 Å². The molecule has 0 amide bonds. The Labute approximate surface area is 100 Å². The van der Waals surface area contributed by atoms with Gasteiger partial charge >= 0.3 is 0 Å². The standard InChI is InChI=1S/C13H28N2O/c1-10(2)15(11(3)12(4)16)9-13-6-5-7-14-8-13/h10-14,16H,5-9H2,1-4H3. The van der Waals surface area contributed by atoms with Gasteiger partial charge in [-0.25, -0.2) is 0 Å². The minimum atomic E-state index is -0.251. The van der Waals surface area contributed by atoms with Crippen LogP contribution in [0, 0.1) is 5.92 Å². The SMILES string of the molecule is CC(O)C(C)N(CC1CCCNC1)C(C)C. The lowest BCUT2D eigenvalue weighted by Crippen LogP contribution is -2.48. The molecule has 0 aromatic carbocycles. The van der Waals surface area contributed by atoms with E-state index in [2.05, 4.69) is 31.0 Å². The number of piperidine rings is 1. The first-order chi connectivity index (χ1) is 7.52. The zero-order chi connectivity index (χ0) is 12.1. The Hall–Kier alpha value is -0.120. The molecule has 0 bridgehead atoms. The fraction of sp³-hybridized carbons (Fsp3) is 1.00. The van der Waals surface area contributed by atoms with Crippen LogP contribution in [0.15, 0.2) is 0 Å². The van der Waals surface area contributed by atoms with Crippen LogP contribution in [-0.2, 0) is 0 Å². The summed E-state index contributed by atoms with van der Waals surface area (Å²) in [5.74, 6) is 0.748. The monoisotopic (exact) mass is 228 g/mol. The average molecular weight is 228 g/mol. The highest BCUT2D eigenvalue weighted by molar-refractivity contribution is 4.80. The van der Waals surface area contributed by atoms with Gasteiger partial charge in [0.05, 0.1) is 6.10 Å². The van der Waals surface area contributed by atoms with Gasteiger partial charge in [0, 0.05) is 18.6 Å². The summed E-state index contributed by atoms with van der Waals surface area (Å²) >= 11 is 0. The summed E-state index contributed by atoms with van der Waals surface area (Å²) < 4.78 is 0. The molecule has 0 aliphatic carbocycles. The molecule has 1 aliphatic heterocycles. The van der Waals surface area contributed by atoms with Crippen molar-refractivity contribution in [3.05, 3.63) is 0 Å². The van der Waals surface area contributed by atoms with Gasteiger partial charge in [-0.15, -0.1) is 0 Å². The molecule has 16 heavy (non-hydrogen) atoms. The third kappa shape index (κ3) is 4.04. The summed E-state index contributed by atoms with van der Waals surface area (Å²) in [4.78, 5) is 2.43. The zero-order valence-electron chi connectivity index (χ0n) is 11.2. The summed E-state index contributed by atoms with van der Waals surface area (Å²) in [6, 6.07) is 0.758. The van der Waals surface area contributed by atoms with E-state index in [1.165, 1.54) is 19.4 Å². The Morgan fingerprint density at radius 2 is 2.00 bits per heavy atom. The number of nitrogens with zero attached hydrogens (tertiary/aromatic N) is 1. The molecule has 1 saturated heterocycles. The lowest BCUT2D eigenvalue weighted by molar-refractivity contribution is 0.0384. The molecule has 0 saturated carbocycles. The second kappa shape index (κ2) is 6.58.